The first-order valence-electron chi connectivity index (χ1n) is 9.08. The van der Waals surface area contributed by atoms with Crippen LogP contribution in [0.5, 0.6) is 5.75 Å². The van der Waals surface area contributed by atoms with Gasteiger partial charge in [-0.05, 0) is 62.3 Å². The largest absolute Gasteiger partial charge is 0.493 e. The van der Waals surface area contributed by atoms with Crippen LogP contribution in [-0.2, 0) is 0 Å². The summed E-state index contributed by atoms with van der Waals surface area (Å²) in [6.45, 7) is 4.36. The number of likely N-dealkylation sites (tertiary alicyclic amines) is 1. The van der Waals surface area contributed by atoms with E-state index in [0.29, 0.717) is 44.6 Å². The molecule has 1 saturated carbocycles. The zero-order valence-corrected chi connectivity index (χ0v) is 14.7. The molecule has 1 aromatic rings. The highest BCUT2D eigenvalue weighted by atomic mass is 16.5. The minimum atomic E-state index is -0.668. The Morgan fingerprint density at radius 2 is 1.88 bits per heavy atom. The van der Waals surface area contributed by atoms with E-state index < -0.39 is 12.2 Å². The quantitative estimate of drug-likeness (QED) is 0.688. The van der Waals surface area contributed by atoms with Crippen LogP contribution in [0.2, 0.25) is 0 Å². The number of hydrogen-bond acceptors (Lipinski definition) is 5. The summed E-state index contributed by atoms with van der Waals surface area (Å²) in [5, 5.41) is 19.7. The third-order valence-electron chi connectivity index (χ3n) is 5.44. The zero-order chi connectivity index (χ0) is 18.0. The van der Waals surface area contributed by atoms with Gasteiger partial charge in [0.15, 0.2) is 0 Å². The molecule has 138 valence electrons. The normalized spacial score (nSPS) is 28.7. The maximum Gasteiger partial charge on any atom is 0.254 e. The molecule has 1 aliphatic carbocycles. The second-order valence-electron chi connectivity index (χ2n) is 7.31. The molecule has 2 fully saturated rings. The Labute approximate surface area is 148 Å². The number of nitrogens with two attached hydrogens (primary N) is 1. The van der Waals surface area contributed by atoms with Gasteiger partial charge in [0.2, 0.25) is 0 Å². The van der Waals surface area contributed by atoms with E-state index >= 15 is 0 Å². The predicted octanol–water partition coefficient (Wildman–Crippen LogP) is 0.926. The van der Waals surface area contributed by atoms with E-state index in [1.54, 1.807) is 6.07 Å². The van der Waals surface area contributed by atoms with Gasteiger partial charge in [-0.15, -0.1) is 0 Å². The van der Waals surface area contributed by atoms with Crippen LogP contribution < -0.4 is 10.5 Å². The minimum Gasteiger partial charge on any atom is -0.493 e. The van der Waals surface area contributed by atoms with E-state index in [9.17, 15) is 15.0 Å². The van der Waals surface area contributed by atoms with Gasteiger partial charge in [-0.1, -0.05) is 6.07 Å². The molecule has 0 radical (unpaired) electrons. The lowest BCUT2D eigenvalue weighted by molar-refractivity contribution is -0.0372. The summed E-state index contributed by atoms with van der Waals surface area (Å²) in [6.07, 6.45) is 0.572. The van der Waals surface area contributed by atoms with Crippen molar-refractivity contribution in [2.45, 2.75) is 38.4 Å². The average molecular weight is 348 g/mol. The minimum absolute atomic E-state index is 0.0120. The van der Waals surface area contributed by atoms with Gasteiger partial charge in [0.05, 0.1) is 18.8 Å². The first kappa shape index (κ1) is 18.2. The fourth-order valence-electron chi connectivity index (χ4n) is 3.91. The SMILES string of the molecule is Cc1ccc(C(=O)N2C[C@H]3C[C@H](O)[C@H](O)C[C@H]3C2)cc1OCCCN. The summed E-state index contributed by atoms with van der Waals surface area (Å²) in [5.74, 6) is 1.25. The summed E-state index contributed by atoms with van der Waals surface area (Å²) < 4.78 is 5.74. The maximum absolute atomic E-state index is 12.9. The summed E-state index contributed by atoms with van der Waals surface area (Å²) >= 11 is 0. The van der Waals surface area contributed by atoms with E-state index in [-0.39, 0.29) is 17.7 Å². The number of aryl methyl sites for hydroxylation is 1. The number of hydrogen-bond donors (Lipinski definition) is 3. The van der Waals surface area contributed by atoms with Crippen molar-refractivity contribution in [1.82, 2.24) is 4.90 Å². The smallest absolute Gasteiger partial charge is 0.254 e. The molecule has 4 atom stereocenters. The highest BCUT2D eigenvalue weighted by molar-refractivity contribution is 5.95. The lowest BCUT2D eigenvalue weighted by Crippen LogP contribution is -2.38. The number of carbonyl (C=O) groups is 1. The van der Waals surface area contributed by atoms with Crippen molar-refractivity contribution in [3.05, 3.63) is 29.3 Å². The van der Waals surface area contributed by atoms with E-state index in [2.05, 4.69) is 0 Å². The number of benzene rings is 1. The Kier molecular flexibility index (Phi) is 5.61. The molecule has 0 spiro atoms. The van der Waals surface area contributed by atoms with Crippen LogP contribution in [0.15, 0.2) is 18.2 Å². The molecule has 0 bridgehead atoms. The van der Waals surface area contributed by atoms with Crippen molar-refractivity contribution in [2.24, 2.45) is 17.6 Å². The number of amides is 1. The third-order valence-corrected chi connectivity index (χ3v) is 5.44. The molecule has 3 rings (SSSR count). The maximum atomic E-state index is 12.9. The van der Waals surface area contributed by atoms with Crippen LogP contribution in [0.4, 0.5) is 0 Å². The van der Waals surface area contributed by atoms with Gasteiger partial charge in [0, 0.05) is 18.7 Å². The molecule has 0 aromatic heterocycles. The van der Waals surface area contributed by atoms with Crippen LogP contribution in [0.25, 0.3) is 0 Å². The number of carbonyl (C=O) groups excluding carboxylic acids is 1. The lowest BCUT2D eigenvalue weighted by Gasteiger charge is -2.31. The highest BCUT2D eigenvalue weighted by Crippen LogP contribution is 2.37. The lowest BCUT2D eigenvalue weighted by atomic mass is 9.79. The van der Waals surface area contributed by atoms with E-state index in [1.165, 1.54) is 0 Å². The van der Waals surface area contributed by atoms with E-state index in [1.807, 2.05) is 24.0 Å². The molecule has 1 amide bonds. The molecule has 6 nitrogen and oxygen atoms in total. The number of nitrogens with zero attached hydrogens (tertiary/aromatic N) is 1. The Balaban J connectivity index is 1.68. The number of rotatable bonds is 5. The number of fused-ring (bicyclic) bond motifs is 1. The van der Waals surface area contributed by atoms with Crippen molar-refractivity contribution >= 4 is 5.91 Å². The first-order valence-corrected chi connectivity index (χ1v) is 9.08. The van der Waals surface area contributed by atoms with Gasteiger partial charge in [-0.3, -0.25) is 4.79 Å². The van der Waals surface area contributed by atoms with Crippen molar-refractivity contribution in [3.63, 3.8) is 0 Å². The molecule has 1 aliphatic heterocycles. The fourth-order valence-corrected chi connectivity index (χ4v) is 3.91. The van der Waals surface area contributed by atoms with Gasteiger partial charge in [-0.2, -0.15) is 0 Å². The van der Waals surface area contributed by atoms with Crippen LogP contribution in [0.1, 0.15) is 35.2 Å². The Morgan fingerprint density at radius 1 is 1.24 bits per heavy atom. The van der Waals surface area contributed by atoms with Gasteiger partial charge in [0.25, 0.3) is 5.91 Å². The van der Waals surface area contributed by atoms with Crippen molar-refractivity contribution in [3.8, 4) is 5.75 Å². The molecule has 4 N–H and O–H groups in total. The molecular formula is C19H28N2O4. The van der Waals surface area contributed by atoms with Crippen molar-refractivity contribution in [1.29, 1.82) is 0 Å². The molecule has 2 aliphatic rings. The van der Waals surface area contributed by atoms with Crippen LogP contribution >= 0.6 is 0 Å². The van der Waals surface area contributed by atoms with Gasteiger partial charge in [-0.25, -0.2) is 0 Å². The summed E-state index contributed by atoms with van der Waals surface area (Å²) in [5.41, 5.74) is 7.11. The Morgan fingerprint density at radius 3 is 2.48 bits per heavy atom. The second kappa shape index (κ2) is 7.72. The predicted molar refractivity (Wildman–Crippen MR) is 94.5 cm³/mol. The molecule has 25 heavy (non-hydrogen) atoms. The van der Waals surface area contributed by atoms with E-state index in [4.69, 9.17) is 10.5 Å². The standard InChI is InChI=1S/C19H28N2O4/c1-12-3-4-13(9-18(12)25-6-2-5-20)19(24)21-10-14-7-16(22)17(23)8-15(14)11-21/h3-4,9,14-17,22-23H,2,5-8,10-11,20H2,1H3/t14-,15+,16+,17-. The topological polar surface area (TPSA) is 96.0 Å². The fraction of sp³-hybridized carbons (Fsp3) is 0.632. The Bertz CT molecular complexity index is 603. The Hall–Kier alpha value is -1.63. The van der Waals surface area contributed by atoms with Crippen LogP contribution in [-0.4, -0.2) is 59.5 Å². The molecule has 6 heteroatoms. The second-order valence-corrected chi connectivity index (χ2v) is 7.31. The van der Waals surface area contributed by atoms with Crippen molar-refractivity contribution < 1.29 is 19.7 Å². The van der Waals surface area contributed by atoms with Gasteiger partial charge >= 0.3 is 0 Å². The first-order chi connectivity index (χ1) is 12.0. The monoisotopic (exact) mass is 348 g/mol. The summed E-state index contributed by atoms with van der Waals surface area (Å²) in [4.78, 5) is 14.7. The molecule has 1 aromatic carbocycles. The van der Waals surface area contributed by atoms with Gasteiger partial charge in [0.1, 0.15) is 5.75 Å². The average Bonchev–Trinajstić information content (AvgIpc) is 2.99. The molecule has 1 saturated heterocycles. The number of aliphatic hydroxyl groups excluding tert-OH is 2. The number of aliphatic hydroxyl groups is 2. The summed E-state index contributed by atoms with van der Waals surface area (Å²) in [7, 11) is 0. The molecule has 1 heterocycles. The van der Waals surface area contributed by atoms with E-state index in [0.717, 1.165) is 17.7 Å². The molecule has 0 unspecified atom stereocenters. The number of ether oxygens (including phenoxy) is 1. The molecular weight excluding hydrogens is 320 g/mol. The van der Waals surface area contributed by atoms with Crippen molar-refractivity contribution in [2.75, 3.05) is 26.2 Å². The van der Waals surface area contributed by atoms with Crippen LogP contribution in [0, 0.1) is 18.8 Å². The highest BCUT2D eigenvalue weighted by Gasteiger charge is 2.42. The summed E-state index contributed by atoms with van der Waals surface area (Å²) in [6, 6.07) is 5.54. The third kappa shape index (κ3) is 3.97. The van der Waals surface area contributed by atoms with Gasteiger partial charge < -0.3 is 25.6 Å². The van der Waals surface area contributed by atoms with Crippen LogP contribution in [0.3, 0.4) is 0 Å². The zero-order valence-electron chi connectivity index (χ0n) is 14.7.